The predicted molar refractivity (Wildman–Crippen MR) is 95.6 cm³/mol. The molecule has 1 saturated carbocycles. The van der Waals surface area contributed by atoms with Crippen LogP contribution in [0.3, 0.4) is 0 Å². The number of nitrogens with zero attached hydrogens (tertiary/aromatic N) is 7. The highest BCUT2D eigenvalue weighted by atomic mass is 35.5. The van der Waals surface area contributed by atoms with Crippen LogP contribution in [0.2, 0.25) is 5.28 Å². The van der Waals surface area contributed by atoms with Crippen LogP contribution in [0.15, 0.2) is 40.0 Å². The van der Waals surface area contributed by atoms with Crippen molar-refractivity contribution in [1.29, 1.82) is 0 Å². The Kier molecular flexibility index (Phi) is 2.56. The van der Waals surface area contributed by atoms with Crippen LogP contribution in [-0.4, -0.2) is 26.0 Å². The van der Waals surface area contributed by atoms with E-state index >= 15 is 0 Å². The van der Waals surface area contributed by atoms with Gasteiger partial charge in [0.1, 0.15) is 6.34 Å². The smallest absolute Gasteiger partial charge is 0.313 e. The molecule has 1 aliphatic carbocycles. The lowest BCUT2D eigenvalue weighted by atomic mass is 10.1. The number of aliphatic imine (C=N–C) groups is 1. The van der Waals surface area contributed by atoms with Gasteiger partial charge in [0.25, 0.3) is 0 Å². The highest BCUT2D eigenvalue weighted by Gasteiger charge is 2.45. The van der Waals surface area contributed by atoms with Gasteiger partial charge in [-0.3, -0.25) is 4.57 Å². The number of para-hydroxylation sites is 1. The van der Waals surface area contributed by atoms with Gasteiger partial charge in [0, 0.05) is 11.0 Å². The number of imidazole rings is 1. The van der Waals surface area contributed by atoms with Gasteiger partial charge in [-0.1, -0.05) is 30.3 Å². The van der Waals surface area contributed by atoms with E-state index in [4.69, 9.17) is 16.1 Å². The van der Waals surface area contributed by atoms with E-state index in [1.165, 1.54) is 0 Å². The first-order valence-corrected chi connectivity index (χ1v) is 8.82. The van der Waals surface area contributed by atoms with Gasteiger partial charge in [-0.2, -0.15) is 9.99 Å². The van der Waals surface area contributed by atoms with E-state index in [9.17, 15) is 0 Å². The lowest BCUT2D eigenvalue weighted by Crippen LogP contribution is -2.42. The molecule has 0 radical (unpaired) electrons. The largest absolute Gasteiger partial charge is 0.348 e. The van der Waals surface area contributed by atoms with E-state index in [0.29, 0.717) is 11.3 Å². The standard InChI is InChI=1S/C17H14ClN7O/c1-17(6-7-17)14-21-16(26-22-14)23-9-20-13-10-4-2-3-5-11(10)24-12(25(13)23)8-19-15(24)18/h2-5,8-9,13H,6-7H2,1H3. The maximum atomic E-state index is 6.36. The summed E-state index contributed by atoms with van der Waals surface area (Å²) in [4.78, 5) is 13.6. The number of hydrogen-bond acceptors (Lipinski definition) is 7. The molecule has 1 aromatic carbocycles. The zero-order valence-corrected chi connectivity index (χ0v) is 14.6. The van der Waals surface area contributed by atoms with Crippen LogP contribution in [-0.2, 0) is 5.41 Å². The minimum absolute atomic E-state index is 0.0393. The first-order valence-electron chi connectivity index (χ1n) is 8.44. The van der Waals surface area contributed by atoms with Crippen LogP contribution < -0.4 is 10.0 Å². The Labute approximate surface area is 153 Å². The second-order valence-electron chi connectivity index (χ2n) is 7.07. The first-order chi connectivity index (χ1) is 12.7. The normalized spacial score (nSPS) is 21.5. The highest BCUT2D eigenvalue weighted by Crippen LogP contribution is 2.47. The molecular weight excluding hydrogens is 354 g/mol. The maximum absolute atomic E-state index is 6.36. The third kappa shape index (κ3) is 1.74. The molecule has 26 heavy (non-hydrogen) atoms. The maximum Gasteiger partial charge on any atom is 0.348 e. The Bertz CT molecular complexity index is 1070. The molecule has 8 nitrogen and oxygen atoms in total. The fourth-order valence-corrected chi connectivity index (χ4v) is 3.76. The van der Waals surface area contributed by atoms with Crippen LogP contribution >= 0.6 is 11.6 Å². The predicted octanol–water partition coefficient (Wildman–Crippen LogP) is 3.24. The number of halogens is 1. The molecule has 3 aromatic rings. The Morgan fingerprint density at radius 3 is 2.96 bits per heavy atom. The van der Waals surface area contributed by atoms with Crippen molar-refractivity contribution in [3.8, 4) is 5.69 Å². The molecule has 0 spiro atoms. The average Bonchev–Trinajstić information content (AvgIpc) is 3.06. The van der Waals surface area contributed by atoms with Crippen molar-refractivity contribution in [1.82, 2.24) is 19.7 Å². The van der Waals surface area contributed by atoms with Crippen LogP contribution in [0.1, 0.15) is 37.3 Å². The van der Waals surface area contributed by atoms with Crippen LogP contribution in [0.4, 0.5) is 11.8 Å². The van der Waals surface area contributed by atoms with Gasteiger partial charge >= 0.3 is 6.01 Å². The number of aromatic nitrogens is 4. The van der Waals surface area contributed by atoms with Crippen molar-refractivity contribution < 1.29 is 4.52 Å². The zero-order valence-electron chi connectivity index (χ0n) is 13.9. The van der Waals surface area contributed by atoms with Gasteiger partial charge in [0.15, 0.2) is 17.8 Å². The van der Waals surface area contributed by atoms with Gasteiger partial charge in [0.05, 0.1) is 11.9 Å². The minimum Gasteiger partial charge on any atom is -0.313 e. The second-order valence-corrected chi connectivity index (χ2v) is 7.41. The quantitative estimate of drug-likeness (QED) is 0.692. The Hall–Kier alpha value is -2.87. The van der Waals surface area contributed by atoms with Crippen molar-refractivity contribution in [2.45, 2.75) is 31.3 Å². The topological polar surface area (TPSA) is 75.6 Å². The minimum atomic E-state index is -0.224. The molecule has 0 bridgehead atoms. The van der Waals surface area contributed by atoms with Crippen molar-refractivity contribution >= 4 is 29.8 Å². The molecule has 130 valence electrons. The SMILES string of the molecule is CC1(c2noc(N3C=NC4c5ccccc5-n5c(cnc5Cl)N43)n2)CC1. The van der Waals surface area contributed by atoms with Crippen molar-refractivity contribution in [2.24, 2.45) is 4.99 Å². The van der Waals surface area contributed by atoms with E-state index in [1.807, 2.05) is 33.8 Å². The number of fused-ring (bicyclic) bond motifs is 6. The van der Waals surface area contributed by atoms with E-state index < -0.39 is 0 Å². The summed E-state index contributed by atoms with van der Waals surface area (Å²) in [6.07, 6.45) is 5.39. The molecule has 3 aliphatic rings. The molecule has 1 fully saturated rings. The second kappa shape index (κ2) is 4.64. The Morgan fingerprint density at radius 2 is 2.12 bits per heavy atom. The summed E-state index contributed by atoms with van der Waals surface area (Å²) in [7, 11) is 0. The summed E-state index contributed by atoms with van der Waals surface area (Å²) in [5.41, 5.74) is 2.05. The number of hydrazine groups is 1. The molecule has 6 rings (SSSR count). The molecule has 1 atom stereocenters. The third-order valence-corrected chi connectivity index (χ3v) is 5.59. The lowest BCUT2D eigenvalue weighted by Gasteiger charge is -2.35. The van der Waals surface area contributed by atoms with Crippen molar-refractivity contribution in [3.63, 3.8) is 0 Å². The van der Waals surface area contributed by atoms with Gasteiger partial charge in [0.2, 0.25) is 5.28 Å². The van der Waals surface area contributed by atoms with Gasteiger partial charge in [-0.25, -0.2) is 15.0 Å². The summed E-state index contributed by atoms with van der Waals surface area (Å²) in [6, 6.07) is 8.41. The highest BCUT2D eigenvalue weighted by molar-refractivity contribution is 6.29. The summed E-state index contributed by atoms with van der Waals surface area (Å²) in [5.74, 6) is 1.54. The fourth-order valence-electron chi connectivity index (χ4n) is 3.53. The average molecular weight is 368 g/mol. The number of anilines is 2. The molecule has 0 amide bonds. The van der Waals surface area contributed by atoms with Gasteiger partial charge in [-0.15, -0.1) is 0 Å². The molecule has 4 heterocycles. The number of rotatable bonds is 2. The Balaban J connectivity index is 1.49. The van der Waals surface area contributed by atoms with Gasteiger partial charge in [-0.05, 0) is 30.5 Å². The summed E-state index contributed by atoms with van der Waals surface area (Å²) >= 11 is 6.36. The van der Waals surface area contributed by atoms with Crippen molar-refractivity contribution in [2.75, 3.05) is 10.0 Å². The molecule has 2 aromatic heterocycles. The first kappa shape index (κ1) is 14.3. The van der Waals surface area contributed by atoms with E-state index in [0.717, 1.165) is 35.7 Å². The molecule has 1 unspecified atom stereocenters. The molecule has 2 aliphatic heterocycles. The number of benzene rings is 1. The molecular formula is C17H14ClN7O. The van der Waals surface area contributed by atoms with Crippen LogP contribution in [0.5, 0.6) is 0 Å². The lowest BCUT2D eigenvalue weighted by molar-refractivity contribution is 0.406. The van der Waals surface area contributed by atoms with Crippen LogP contribution in [0, 0.1) is 0 Å². The fraction of sp³-hybridized carbons (Fsp3) is 0.294. The van der Waals surface area contributed by atoms with Crippen molar-refractivity contribution in [3.05, 3.63) is 47.1 Å². The summed E-state index contributed by atoms with van der Waals surface area (Å²) in [5, 5.41) is 8.31. The Morgan fingerprint density at radius 1 is 1.27 bits per heavy atom. The van der Waals surface area contributed by atoms with E-state index in [2.05, 4.69) is 27.0 Å². The zero-order chi connectivity index (χ0) is 17.5. The molecule has 0 saturated heterocycles. The van der Waals surface area contributed by atoms with Crippen LogP contribution in [0.25, 0.3) is 5.69 Å². The molecule has 9 heteroatoms. The van der Waals surface area contributed by atoms with E-state index in [1.54, 1.807) is 17.5 Å². The van der Waals surface area contributed by atoms with Gasteiger partial charge < -0.3 is 4.52 Å². The molecule has 0 N–H and O–H groups in total. The number of hydrogen-bond donors (Lipinski definition) is 0. The summed E-state index contributed by atoms with van der Waals surface area (Å²) < 4.78 is 7.44. The monoisotopic (exact) mass is 367 g/mol. The van der Waals surface area contributed by atoms with E-state index in [-0.39, 0.29) is 11.6 Å². The third-order valence-electron chi connectivity index (χ3n) is 5.32. The summed E-state index contributed by atoms with van der Waals surface area (Å²) in [6.45, 7) is 2.15.